The molecule has 0 saturated carbocycles. The number of methoxy groups -OCH3 is 1. The fourth-order valence-electron chi connectivity index (χ4n) is 1.45. The van der Waals surface area contributed by atoms with Crippen LogP contribution in [0.5, 0.6) is 5.88 Å². The van der Waals surface area contributed by atoms with Crippen molar-refractivity contribution in [2.75, 3.05) is 13.7 Å². The summed E-state index contributed by atoms with van der Waals surface area (Å²) in [4.78, 5) is 15.5. The van der Waals surface area contributed by atoms with Crippen LogP contribution in [0.2, 0.25) is 5.02 Å². The zero-order valence-corrected chi connectivity index (χ0v) is 12.8. The summed E-state index contributed by atoms with van der Waals surface area (Å²) < 4.78 is 10.1. The first kappa shape index (κ1) is 16.5. The summed E-state index contributed by atoms with van der Waals surface area (Å²) in [6, 6.07) is 1.16. The molecular formula is C13H20ClN3O3. The molecule has 0 radical (unpaired) electrons. The number of hydrogen-bond donors (Lipinski definition) is 2. The number of halogens is 1. The van der Waals surface area contributed by atoms with Gasteiger partial charge in [0.25, 0.3) is 0 Å². The fraction of sp³-hybridized carbons (Fsp3) is 0.538. The molecule has 1 aromatic heterocycles. The van der Waals surface area contributed by atoms with E-state index < -0.39 is 17.7 Å². The summed E-state index contributed by atoms with van der Waals surface area (Å²) in [7, 11) is 1.50. The van der Waals surface area contributed by atoms with Crippen molar-refractivity contribution < 1.29 is 14.3 Å². The molecule has 0 aromatic carbocycles. The normalized spacial score (nSPS) is 12.7. The van der Waals surface area contributed by atoms with Crippen LogP contribution in [0, 0.1) is 0 Å². The SMILES string of the molecule is COc1cc(C(N)CNC(=O)OC(C)(C)C)c(Cl)cn1. The monoisotopic (exact) mass is 301 g/mol. The standard InChI is InChI=1S/C13H20ClN3O3/c1-13(2,3)20-12(18)17-7-10(15)8-5-11(19-4)16-6-9(8)14/h5-6,10H,7,15H2,1-4H3,(H,17,18). The van der Waals surface area contributed by atoms with Crippen LogP contribution in [0.25, 0.3) is 0 Å². The van der Waals surface area contributed by atoms with Crippen molar-refractivity contribution in [3.8, 4) is 5.88 Å². The Morgan fingerprint density at radius 3 is 2.75 bits per heavy atom. The quantitative estimate of drug-likeness (QED) is 0.891. The van der Waals surface area contributed by atoms with Crippen LogP contribution in [-0.4, -0.2) is 30.3 Å². The molecule has 0 aliphatic heterocycles. The highest BCUT2D eigenvalue weighted by molar-refractivity contribution is 6.31. The molecule has 0 aliphatic rings. The Hall–Kier alpha value is -1.53. The number of carbonyl (C=O) groups excluding carboxylic acids is 1. The van der Waals surface area contributed by atoms with Crippen molar-refractivity contribution in [3.05, 3.63) is 22.8 Å². The third-order valence-corrected chi connectivity index (χ3v) is 2.65. The lowest BCUT2D eigenvalue weighted by atomic mass is 10.1. The van der Waals surface area contributed by atoms with Gasteiger partial charge in [0.1, 0.15) is 5.60 Å². The number of alkyl carbamates (subject to hydrolysis) is 1. The highest BCUT2D eigenvalue weighted by Gasteiger charge is 2.18. The molecule has 1 amide bonds. The summed E-state index contributed by atoms with van der Waals surface area (Å²) >= 11 is 6.03. The summed E-state index contributed by atoms with van der Waals surface area (Å²) in [5.41, 5.74) is 6.09. The number of nitrogens with one attached hydrogen (secondary N) is 1. The van der Waals surface area contributed by atoms with Gasteiger partial charge in [-0.15, -0.1) is 0 Å². The molecule has 0 bridgehead atoms. The number of hydrogen-bond acceptors (Lipinski definition) is 5. The minimum absolute atomic E-state index is 0.196. The third-order valence-electron chi connectivity index (χ3n) is 2.33. The first-order valence-corrected chi connectivity index (χ1v) is 6.52. The van der Waals surface area contributed by atoms with E-state index in [4.69, 9.17) is 26.8 Å². The molecule has 7 heteroatoms. The van der Waals surface area contributed by atoms with Gasteiger partial charge >= 0.3 is 6.09 Å². The Morgan fingerprint density at radius 1 is 1.55 bits per heavy atom. The second-order valence-corrected chi connectivity index (χ2v) is 5.64. The van der Waals surface area contributed by atoms with E-state index in [0.717, 1.165) is 0 Å². The van der Waals surface area contributed by atoms with Gasteiger partial charge in [0.05, 0.1) is 12.1 Å². The van der Waals surface area contributed by atoms with Crippen molar-refractivity contribution in [2.45, 2.75) is 32.4 Å². The lowest BCUT2D eigenvalue weighted by molar-refractivity contribution is 0.0524. The summed E-state index contributed by atoms with van der Waals surface area (Å²) in [6.07, 6.45) is 0.938. The Labute approximate surface area is 123 Å². The predicted molar refractivity (Wildman–Crippen MR) is 77.0 cm³/mol. The summed E-state index contributed by atoms with van der Waals surface area (Å²) in [6.45, 7) is 5.56. The van der Waals surface area contributed by atoms with Gasteiger partial charge in [-0.2, -0.15) is 0 Å². The van der Waals surface area contributed by atoms with E-state index in [1.54, 1.807) is 26.8 Å². The lowest BCUT2D eigenvalue weighted by Gasteiger charge is -2.21. The molecule has 0 saturated heterocycles. The Balaban J connectivity index is 2.63. The number of nitrogens with zero attached hydrogens (tertiary/aromatic N) is 1. The van der Waals surface area contributed by atoms with Gasteiger partial charge in [0, 0.05) is 24.8 Å². The maximum absolute atomic E-state index is 11.5. The van der Waals surface area contributed by atoms with E-state index in [1.165, 1.54) is 13.3 Å². The van der Waals surface area contributed by atoms with E-state index in [9.17, 15) is 4.79 Å². The summed E-state index contributed by atoms with van der Waals surface area (Å²) in [5, 5.41) is 3.02. The predicted octanol–water partition coefficient (Wildman–Crippen LogP) is 2.27. The molecule has 0 fully saturated rings. The van der Waals surface area contributed by atoms with Gasteiger partial charge in [-0.25, -0.2) is 9.78 Å². The molecule has 112 valence electrons. The molecule has 20 heavy (non-hydrogen) atoms. The van der Waals surface area contributed by atoms with E-state index in [-0.39, 0.29) is 6.54 Å². The van der Waals surface area contributed by atoms with Crippen molar-refractivity contribution >= 4 is 17.7 Å². The highest BCUT2D eigenvalue weighted by atomic mass is 35.5. The van der Waals surface area contributed by atoms with E-state index in [0.29, 0.717) is 16.5 Å². The molecule has 6 nitrogen and oxygen atoms in total. The van der Waals surface area contributed by atoms with Crippen LogP contribution in [0.15, 0.2) is 12.3 Å². The van der Waals surface area contributed by atoms with Crippen LogP contribution >= 0.6 is 11.6 Å². The van der Waals surface area contributed by atoms with Gasteiger partial charge in [-0.1, -0.05) is 11.6 Å². The van der Waals surface area contributed by atoms with Crippen LogP contribution in [-0.2, 0) is 4.74 Å². The minimum Gasteiger partial charge on any atom is -0.481 e. The van der Waals surface area contributed by atoms with Crippen molar-refractivity contribution in [1.82, 2.24) is 10.3 Å². The largest absolute Gasteiger partial charge is 0.481 e. The molecule has 1 unspecified atom stereocenters. The molecule has 1 rings (SSSR count). The molecule has 0 aliphatic carbocycles. The van der Waals surface area contributed by atoms with Crippen molar-refractivity contribution in [1.29, 1.82) is 0 Å². The van der Waals surface area contributed by atoms with Crippen LogP contribution in [0.3, 0.4) is 0 Å². The van der Waals surface area contributed by atoms with Crippen molar-refractivity contribution in [2.24, 2.45) is 5.73 Å². The van der Waals surface area contributed by atoms with Gasteiger partial charge in [-0.05, 0) is 26.3 Å². The van der Waals surface area contributed by atoms with Gasteiger partial charge in [0.15, 0.2) is 0 Å². The molecule has 3 N–H and O–H groups in total. The van der Waals surface area contributed by atoms with Gasteiger partial charge < -0.3 is 20.5 Å². The summed E-state index contributed by atoms with van der Waals surface area (Å²) in [5.74, 6) is 0.414. The van der Waals surface area contributed by atoms with Crippen LogP contribution in [0.1, 0.15) is 32.4 Å². The fourth-order valence-corrected chi connectivity index (χ4v) is 1.69. The number of pyridine rings is 1. The average molecular weight is 302 g/mol. The maximum atomic E-state index is 11.5. The second-order valence-electron chi connectivity index (χ2n) is 5.24. The molecule has 1 aromatic rings. The number of rotatable bonds is 4. The molecule has 1 atom stereocenters. The Bertz CT molecular complexity index is 474. The molecular weight excluding hydrogens is 282 g/mol. The smallest absolute Gasteiger partial charge is 0.407 e. The number of amides is 1. The van der Waals surface area contributed by atoms with Crippen LogP contribution < -0.4 is 15.8 Å². The van der Waals surface area contributed by atoms with E-state index in [2.05, 4.69) is 10.3 Å². The van der Waals surface area contributed by atoms with Gasteiger partial charge in [-0.3, -0.25) is 0 Å². The number of ether oxygens (including phenoxy) is 2. The zero-order valence-electron chi connectivity index (χ0n) is 12.1. The maximum Gasteiger partial charge on any atom is 0.407 e. The molecule has 0 spiro atoms. The number of aromatic nitrogens is 1. The average Bonchev–Trinajstić information content (AvgIpc) is 2.34. The Kier molecular flexibility index (Phi) is 5.59. The highest BCUT2D eigenvalue weighted by Crippen LogP contribution is 2.23. The van der Waals surface area contributed by atoms with Gasteiger partial charge in [0.2, 0.25) is 5.88 Å². The minimum atomic E-state index is -0.550. The van der Waals surface area contributed by atoms with E-state index in [1.807, 2.05) is 0 Å². The van der Waals surface area contributed by atoms with Crippen LogP contribution in [0.4, 0.5) is 4.79 Å². The number of nitrogens with two attached hydrogens (primary N) is 1. The first-order valence-electron chi connectivity index (χ1n) is 6.15. The molecule has 1 heterocycles. The topological polar surface area (TPSA) is 86.5 Å². The lowest BCUT2D eigenvalue weighted by Crippen LogP contribution is -2.36. The third kappa shape index (κ3) is 5.22. The zero-order chi connectivity index (χ0) is 15.3. The first-order chi connectivity index (χ1) is 9.23. The van der Waals surface area contributed by atoms with Crippen molar-refractivity contribution in [3.63, 3.8) is 0 Å². The Morgan fingerprint density at radius 2 is 2.20 bits per heavy atom. The number of carbonyl (C=O) groups is 1. The second kappa shape index (κ2) is 6.76. The van der Waals surface area contributed by atoms with E-state index >= 15 is 0 Å².